The number of thiophene rings is 1. The quantitative estimate of drug-likeness (QED) is 0.668. The highest BCUT2D eigenvalue weighted by molar-refractivity contribution is 7.09. The van der Waals surface area contributed by atoms with Gasteiger partial charge >= 0.3 is 5.69 Å². The predicted octanol–water partition coefficient (Wildman–Crippen LogP) is 3.09. The van der Waals surface area contributed by atoms with E-state index in [-0.39, 0.29) is 0 Å². The third-order valence-electron chi connectivity index (χ3n) is 2.42. The first-order chi connectivity index (χ1) is 8.66. The van der Waals surface area contributed by atoms with Gasteiger partial charge in [-0.25, -0.2) is 0 Å². The first-order valence-electron chi connectivity index (χ1n) is 5.33. The van der Waals surface area contributed by atoms with Gasteiger partial charge in [0.15, 0.2) is 0 Å². The molecular formula is C12H11FN2O2S. The lowest BCUT2D eigenvalue weighted by molar-refractivity contribution is -0.387. The molecule has 2 rings (SSSR count). The van der Waals surface area contributed by atoms with E-state index < -0.39 is 16.4 Å². The number of hydrogen-bond acceptors (Lipinski definition) is 4. The third-order valence-corrected chi connectivity index (χ3v) is 3.29. The summed E-state index contributed by atoms with van der Waals surface area (Å²) in [7, 11) is 0. The summed E-state index contributed by atoms with van der Waals surface area (Å²) in [4.78, 5) is 10.9. The second-order valence-corrected chi connectivity index (χ2v) is 4.76. The standard InChI is InChI=1S/C12H11FN2O2S/c13-11-6-9(3-4-12(11)15(16)17)7-14-8-10-2-1-5-18-10/h1-6,14H,7-8H2. The maximum atomic E-state index is 13.3. The molecule has 0 atom stereocenters. The number of nitro benzene ring substituents is 1. The summed E-state index contributed by atoms with van der Waals surface area (Å²) >= 11 is 1.64. The van der Waals surface area contributed by atoms with Crippen molar-refractivity contribution in [3.63, 3.8) is 0 Å². The molecule has 0 bridgehead atoms. The van der Waals surface area contributed by atoms with Crippen LogP contribution in [-0.4, -0.2) is 4.92 Å². The van der Waals surface area contributed by atoms with Crippen molar-refractivity contribution in [3.8, 4) is 0 Å². The lowest BCUT2D eigenvalue weighted by atomic mass is 10.2. The Hall–Kier alpha value is -1.79. The van der Waals surface area contributed by atoms with Gasteiger partial charge in [0.05, 0.1) is 4.92 Å². The zero-order valence-electron chi connectivity index (χ0n) is 9.43. The van der Waals surface area contributed by atoms with Crippen LogP contribution in [0.2, 0.25) is 0 Å². The van der Waals surface area contributed by atoms with Gasteiger partial charge in [0.25, 0.3) is 0 Å². The SMILES string of the molecule is O=[N+]([O-])c1ccc(CNCc2cccs2)cc1F. The average Bonchev–Trinajstić information content (AvgIpc) is 2.81. The Bertz CT molecular complexity index is 543. The molecule has 1 heterocycles. The number of halogens is 1. The summed E-state index contributed by atoms with van der Waals surface area (Å²) in [5, 5.41) is 15.6. The van der Waals surface area contributed by atoms with Gasteiger partial charge in [-0.05, 0) is 23.1 Å². The van der Waals surface area contributed by atoms with Crippen molar-refractivity contribution in [1.29, 1.82) is 0 Å². The van der Waals surface area contributed by atoms with E-state index in [9.17, 15) is 14.5 Å². The van der Waals surface area contributed by atoms with Gasteiger partial charge in [0.1, 0.15) is 0 Å². The molecule has 1 aromatic carbocycles. The summed E-state index contributed by atoms with van der Waals surface area (Å²) in [5.74, 6) is -0.796. The molecule has 6 heteroatoms. The Morgan fingerprint density at radius 2 is 2.17 bits per heavy atom. The minimum absolute atomic E-state index is 0.479. The maximum absolute atomic E-state index is 13.3. The van der Waals surface area contributed by atoms with E-state index in [2.05, 4.69) is 5.32 Å². The fourth-order valence-electron chi connectivity index (χ4n) is 1.55. The van der Waals surface area contributed by atoms with E-state index in [1.807, 2.05) is 17.5 Å². The van der Waals surface area contributed by atoms with E-state index in [0.717, 1.165) is 0 Å². The molecule has 0 aliphatic rings. The first kappa shape index (κ1) is 12.7. The molecule has 0 radical (unpaired) electrons. The smallest absolute Gasteiger partial charge is 0.304 e. The normalized spacial score (nSPS) is 10.5. The molecule has 0 amide bonds. The van der Waals surface area contributed by atoms with Crippen molar-refractivity contribution in [2.75, 3.05) is 0 Å². The van der Waals surface area contributed by atoms with E-state index in [1.54, 1.807) is 17.4 Å². The van der Waals surface area contributed by atoms with Gasteiger partial charge in [-0.2, -0.15) is 4.39 Å². The zero-order chi connectivity index (χ0) is 13.0. The second-order valence-electron chi connectivity index (χ2n) is 3.73. The molecule has 94 valence electrons. The Balaban J connectivity index is 1.94. The van der Waals surface area contributed by atoms with Crippen LogP contribution >= 0.6 is 11.3 Å². The summed E-state index contributed by atoms with van der Waals surface area (Å²) in [6.07, 6.45) is 0. The lowest BCUT2D eigenvalue weighted by Gasteiger charge is -2.03. The fourth-order valence-corrected chi connectivity index (χ4v) is 2.23. The number of nitro groups is 1. The summed E-state index contributed by atoms with van der Waals surface area (Å²) in [6, 6.07) is 7.92. The molecule has 0 aliphatic carbocycles. The molecule has 0 fully saturated rings. The van der Waals surface area contributed by atoms with Crippen LogP contribution in [-0.2, 0) is 13.1 Å². The first-order valence-corrected chi connectivity index (χ1v) is 6.20. The van der Waals surface area contributed by atoms with Crippen molar-refractivity contribution in [2.45, 2.75) is 13.1 Å². The topological polar surface area (TPSA) is 55.2 Å². The van der Waals surface area contributed by atoms with Crippen LogP contribution in [0, 0.1) is 15.9 Å². The molecule has 0 aliphatic heterocycles. The molecule has 0 unspecified atom stereocenters. The second kappa shape index (κ2) is 5.70. The Morgan fingerprint density at radius 1 is 1.33 bits per heavy atom. The van der Waals surface area contributed by atoms with Crippen LogP contribution in [0.5, 0.6) is 0 Å². The summed E-state index contributed by atoms with van der Waals surface area (Å²) in [6.45, 7) is 1.18. The minimum Gasteiger partial charge on any atom is -0.308 e. The largest absolute Gasteiger partial charge is 0.308 e. The van der Waals surface area contributed by atoms with Crippen LogP contribution in [0.15, 0.2) is 35.7 Å². The van der Waals surface area contributed by atoms with Gasteiger partial charge in [0.2, 0.25) is 5.82 Å². The molecule has 4 nitrogen and oxygen atoms in total. The molecule has 18 heavy (non-hydrogen) atoms. The van der Waals surface area contributed by atoms with E-state index in [0.29, 0.717) is 18.7 Å². The highest BCUT2D eigenvalue weighted by Gasteiger charge is 2.13. The number of nitrogens with zero attached hydrogens (tertiary/aromatic N) is 1. The minimum atomic E-state index is -0.796. The molecule has 0 spiro atoms. The Morgan fingerprint density at radius 3 is 2.78 bits per heavy atom. The van der Waals surface area contributed by atoms with Crippen LogP contribution < -0.4 is 5.32 Å². The molecular weight excluding hydrogens is 255 g/mol. The van der Waals surface area contributed by atoms with Crippen LogP contribution in [0.3, 0.4) is 0 Å². The Kier molecular flexibility index (Phi) is 4.01. The van der Waals surface area contributed by atoms with E-state index >= 15 is 0 Å². The van der Waals surface area contributed by atoms with Crippen LogP contribution in [0.1, 0.15) is 10.4 Å². The van der Waals surface area contributed by atoms with Crippen molar-refractivity contribution in [3.05, 3.63) is 62.1 Å². The molecule has 1 N–H and O–H groups in total. The lowest BCUT2D eigenvalue weighted by Crippen LogP contribution is -2.12. The molecule has 1 aromatic heterocycles. The van der Waals surface area contributed by atoms with Crippen LogP contribution in [0.25, 0.3) is 0 Å². The van der Waals surface area contributed by atoms with E-state index in [1.165, 1.54) is 17.0 Å². The highest BCUT2D eigenvalue weighted by Crippen LogP contribution is 2.18. The number of rotatable bonds is 5. The average molecular weight is 266 g/mol. The van der Waals surface area contributed by atoms with Crippen molar-refractivity contribution in [1.82, 2.24) is 5.32 Å². The van der Waals surface area contributed by atoms with Gasteiger partial charge < -0.3 is 5.32 Å². The van der Waals surface area contributed by atoms with Gasteiger partial charge in [-0.3, -0.25) is 10.1 Å². The molecule has 2 aromatic rings. The van der Waals surface area contributed by atoms with E-state index in [4.69, 9.17) is 0 Å². The van der Waals surface area contributed by atoms with Crippen LogP contribution in [0.4, 0.5) is 10.1 Å². The van der Waals surface area contributed by atoms with Gasteiger partial charge in [-0.1, -0.05) is 12.1 Å². The third kappa shape index (κ3) is 3.12. The monoisotopic (exact) mass is 266 g/mol. The van der Waals surface area contributed by atoms with Gasteiger partial charge in [0, 0.05) is 24.0 Å². The fraction of sp³-hybridized carbons (Fsp3) is 0.167. The number of benzene rings is 1. The van der Waals surface area contributed by atoms with Gasteiger partial charge in [-0.15, -0.1) is 11.3 Å². The summed E-state index contributed by atoms with van der Waals surface area (Å²) in [5.41, 5.74) is 0.201. The number of nitrogens with one attached hydrogen (secondary N) is 1. The van der Waals surface area contributed by atoms with Crippen molar-refractivity contribution in [2.24, 2.45) is 0 Å². The number of hydrogen-bond donors (Lipinski definition) is 1. The molecule has 0 saturated carbocycles. The molecule has 0 saturated heterocycles. The predicted molar refractivity (Wildman–Crippen MR) is 67.9 cm³/mol. The van der Waals surface area contributed by atoms with Crippen molar-refractivity contribution >= 4 is 17.0 Å². The zero-order valence-corrected chi connectivity index (χ0v) is 10.2. The highest BCUT2D eigenvalue weighted by atomic mass is 32.1. The Labute approximate surface area is 107 Å². The maximum Gasteiger partial charge on any atom is 0.304 e. The summed E-state index contributed by atoms with van der Waals surface area (Å²) < 4.78 is 13.3. The van der Waals surface area contributed by atoms with Crippen molar-refractivity contribution < 1.29 is 9.31 Å².